The number of benzene rings is 2. The number of hydrogen-bond donors (Lipinski definition) is 1. The van der Waals surface area contributed by atoms with Crippen LogP contribution in [-0.2, 0) is 10.0 Å². The molecule has 0 spiro atoms. The maximum absolute atomic E-state index is 12.6. The van der Waals surface area contributed by atoms with Crippen LogP contribution >= 0.6 is 0 Å². The van der Waals surface area contributed by atoms with E-state index in [-0.39, 0.29) is 10.8 Å². The van der Waals surface area contributed by atoms with Crippen molar-refractivity contribution in [2.24, 2.45) is 0 Å². The molecule has 0 bridgehead atoms. The summed E-state index contributed by atoms with van der Waals surface area (Å²) in [7, 11) is -0.732. The second kappa shape index (κ2) is 8.17. The predicted molar refractivity (Wildman–Crippen MR) is 94.2 cm³/mol. The smallest absolute Gasteiger partial charge is 0.244 e. The van der Waals surface area contributed by atoms with E-state index in [1.54, 1.807) is 12.1 Å². The molecular weight excluding hydrogens is 326 g/mol. The Bertz CT molecular complexity index is 760. The summed E-state index contributed by atoms with van der Waals surface area (Å²) >= 11 is 0. The van der Waals surface area contributed by atoms with Gasteiger partial charge in [-0.3, -0.25) is 0 Å². The van der Waals surface area contributed by atoms with Crippen LogP contribution in [0.2, 0.25) is 0 Å². The van der Waals surface area contributed by atoms with Crippen molar-refractivity contribution < 1.29 is 17.9 Å². The lowest BCUT2D eigenvalue weighted by atomic mass is 9.98. The molecule has 5 nitrogen and oxygen atoms in total. The van der Waals surface area contributed by atoms with Crippen LogP contribution in [0.25, 0.3) is 0 Å². The minimum atomic E-state index is -3.67. The molecule has 1 unspecified atom stereocenters. The molecule has 0 aliphatic carbocycles. The zero-order valence-corrected chi connectivity index (χ0v) is 15.0. The SMILES string of the molecule is COc1ccc(OC)c(S(=O)(=O)NCCC(C)c2ccccc2)c1. The van der Waals surface area contributed by atoms with Gasteiger partial charge >= 0.3 is 0 Å². The number of methoxy groups -OCH3 is 2. The van der Waals surface area contributed by atoms with E-state index in [9.17, 15) is 8.42 Å². The van der Waals surface area contributed by atoms with E-state index in [0.29, 0.717) is 24.5 Å². The van der Waals surface area contributed by atoms with Crippen LogP contribution < -0.4 is 14.2 Å². The maximum atomic E-state index is 12.6. The molecule has 0 saturated carbocycles. The molecule has 130 valence electrons. The maximum Gasteiger partial charge on any atom is 0.244 e. The molecule has 0 fully saturated rings. The lowest BCUT2D eigenvalue weighted by Crippen LogP contribution is -2.26. The molecule has 1 N–H and O–H groups in total. The van der Waals surface area contributed by atoms with Crippen molar-refractivity contribution in [2.75, 3.05) is 20.8 Å². The van der Waals surface area contributed by atoms with Gasteiger partial charge in [-0.2, -0.15) is 0 Å². The molecule has 0 aliphatic rings. The number of ether oxygens (including phenoxy) is 2. The highest BCUT2D eigenvalue weighted by molar-refractivity contribution is 7.89. The van der Waals surface area contributed by atoms with Crippen LogP contribution in [0.5, 0.6) is 11.5 Å². The third kappa shape index (κ3) is 4.49. The average molecular weight is 349 g/mol. The molecule has 6 heteroatoms. The molecule has 0 amide bonds. The van der Waals surface area contributed by atoms with E-state index in [1.165, 1.54) is 25.8 Å². The summed E-state index contributed by atoms with van der Waals surface area (Å²) in [5.74, 6) is 1.02. The molecule has 0 aromatic heterocycles. The zero-order chi connectivity index (χ0) is 17.6. The van der Waals surface area contributed by atoms with E-state index >= 15 is 0 Å². The van der Waals surface area contributed by atoms with Crippen molar-refractivity contribution in [1.29, 1.82) is 0 Å². The van der Waals surface area contributed by atoms with Gasteiger partial charge in [0.1, 0.15) is 16.4 Å². The Morgan fingerprint density at radius 1 is 1.04 bits per heavy atom. The molecule has 1 atom stereocenters. The number of nitrogens with one attached hydrogen (secondary N) is 1. The van der Waals surface area contributed by atoms with Crippen molar-refractivity contribution >= 4 is 10.0 Å². The van der Waals surface area contributed by atoms with Gasteiger partial charge in [0, 0.05) is 12.6 Å². The van der Waals surface area contributed by atoms with E-state index < -0.39 is 10.0 Å². The van der Waals surface area contributed by atoms with Gasteiger partial charge in [-0.1, -0.05) is 37.3 Å². The first-order valence-electron chi connectivity index (χ1n) is 7.74. The first-order valence-corrected chi connectivity index (χ1v) is 9.23. The number of rotatable bonds is 8. The monoisotopic (exact) mass is 349 g/mol. The molecule has 2 aromatic rings. The van der Waals surface area contributed by atoms with Crippen molar-refractivity contribution in [3.8, 4) is 11.5 Å². The van der Waals surface area contributed by atoms with Crippen molar-refractivity contribution in [2.45, 2.75) is 24.2 Å². The average Bonchev–Trinajstić information content (AvgIpc) is 2.61. The van der Waals surface area contributed by atoms with Gasteiger partial charge in [-0.25, -0.2) is 13.1 Å². The third-order valence-electron chi connectivity index (χ3n) is 3.90. The van der Waals surface area contributed by atoms with Gasteiger partial charge in [0.2, 0.25) is 10.0 Å². The fourth-order valence-electron chi connectivity index (χ4n) is 2.43. The number of hydrogen-bond acceptors (Lipinski definition) is 4. The fourth-order valence-corrected chi connectivity index (χ4v) is 3.66. The standard InChI is InChI=1S/C18H23NO4S/c1-14(15-7-5-4-6-8-15)11-12-19-24(20,21)18-13-16(22-2)9-10-17(18)23-3/h4-10,13-14,19H,11-12H2,1-3H3. The first-order chi connectivity index (χ1) is 11.5. The Morgan fingerprint density at radius 3 is 2.38 bits per heavy atom. The zero-order valence-electron chi connectivity index (χ0n) is 14.2. The fraction of sp³-hybridized carbons (Fsp3) is 0.333. The van der Waals surface area contributed by atoms with Crippen molar-refractivity contribution in [3.05, 3.63) is 54.1 Å². The van der Waals surface area contributed by atoms with Crippen molar-refractivity contribution in [3.63, 3.8) is 0 Å². The van der Waals surface area contributed by atoms with E-state index in [0.717, 1.165) is 0 Å². The van der Waals surface area contributed by atoms with Crippen LogP contribution in [0.3, 0.4) is 0 Å². The van der Waals surface area contributed by atoms with E-state index in [4.69, 9.17) is 9.47 Å². The van der Waals surface area contributed by atoms with Crippen LogP contribution in [0, 0.1) is 0 Å². The predicted octanol–water partition coefficient (Wildman–Crippen LogP) is 3.18. The summed E-state index contributed by atoms with van der Waals surface area (Å²) < 4.78 is 38.0. The highest BCUT2D eigenvalue weighted by Gasteiger charge is 2.20. The first kappa shape index (κ1) is 18.3. The lowest BCUT2D eigenvalue weighted by molar-refractivity contribution is 0.392. The van der Waals surface area contributed by atoms with E-state index in [1.807, 2.05) is 30.3 Å². The second-order valence-electron chi connectivity index (χ2n) is 5.51. The number of sulfonamides is 1. The van der Waals surface area contributed by atoms with Crippen molar-refractivity contribution in [1.82, 2.24) is 4.72 Å². The summed E-state index contributed by atoms with van der Waals surface area (Å²) in [5.41, 5.74) is 1.19. The van der Waals surface area contributed by atoms with Gasteiger partial charge in [0.05, 0.1) is 14.2 Å². The normalized spacial score (nSPS) is 12.6. The highest BCUT2D eigenvalue weighted by Crippen LogP contribution is 2.28. The Balaban J connectivity index is 2.06. The molecule has 0 radical (unpaired) electrons. The van der Waals surface area contributed by atoms with Gasteiger partial charge in [-0.05, 0) is 30.0 Å². The topological polar surface area (TPSA) is 64.6 Å². The molecule has 0 saturated heterocycles. The summed E-state index contributed by atoms with van der Waals surface area (Å²) in [5, 5.41) is 0. The minimum absolute atomic E-state index is 0.0803. The highest BCUT2D eigenvalue weighted by atomic mass is 32.2. The molecule has 2 aromatic carbocycles. The third-order valence-corrected chi connectivity index (χ3v) is 5.38. The summed E-state index contributed by atoms with van der Waals surface area (Å²) in [4.78, 5) is 0.0803. The Kier molecular flexibility index (Phi) is 6.23. The van der Waals surface area contributed by atoms with Gasteiger partial charge in [0.25, 0.3) is 0 Å². The second-order valence-corrected chi connectivity index (χ2v) is 7.25. The van der Waals surface area contributed by atoms with Crippen LogP contribution in [0.15, 0.2) is 53.4 Å². The molecule has 24 heavy (non-hydrogen) atoms. The summed E-state index contributed by atoms with van der Waals surface area (Å²) in [6.07, 6.45) is 0.704. The minimum Gasteiger partial charge on any atom is -0.497 e. The van der Waals surface area contributed by atoms with Crippen LogP contribution in [0.1, 0.15) is 24.8 Å². The van der Waals surface area contributed by atoms with Gasteiger partial charge in [0.15, 0.2) is 0 Å². The molecule has 2 rings (SSSR count). The largest absolute Gasteiger partial charge is 0.497 e. The molecule has 0 aliphatic heterocycles. The summed E-state index contributed by atoms with van der Waals surface area (Å²) in [6.45, 7) is 2.43. The quantitative estimate of drug-likeness (QED) is 0.795. The van der Waals surface area contributed by atoms with Crippen LogP contribution in [0.4, 0.5) is 0 Å². The molecular formula is C18H23NO4S. The molecule has 0 heterocycles. The Morgan fingerprint density at radius 2 is 1.75 bits per heavy atom. The summed E-state index contributed by atoms with van der Waals surface area (Å²) in [6, 6.07) is 14.7. The van der Waals surface area contributed by atoms with Crippen LogP contribution in [-0.4, -0.2) is 29.2 Å². The van der Waals surface area contributed by atoms with Gasteiger partial charge in [-0.15, -0.1) is 0 Å². The van der Waals surface area contributed by atoms with E-state index in [2.05, 4.69) is 11.6 Å². The van der Waals surface area contributed by atoms with Gasteiger partial charge < -0.3 is 9.47 Å². The lowest BCUT2D eigenvalue weighted by Gasteiger charge is -2.14. The Hall–Kier alpha value is -2.05. The Labute approximate surface area is 143 Å².